The number of fused-ring (bicyclic) bond motifs is 2. The first-order chi connectivity index (χ1) is 18.8. The van der Waals surface area contributed by atoms with Crippen LogP contribution in [0.2, 0.25) is 0 Å². The molecule has 0 bridgehead atoms. The van der Waals surface area contributed by atoms with Crippen LogP contribution in [0.25, 0.3) is 33.3 Å². The minimum atomic E-state index is -4.58. The first-order valence-corrected chi connectivity index (χ1v) is 11.9. The summed E-state index contributed by atoms with van der Waals surface area (Å²) in [5, 5.41) is 6.88. The van der Waals surface area contributed by atoms with E-state index in [2.05, 4.69) is 20.6 Å². The fourth-order valence-electron chi connectivity index (χ4n) is 4.15. The molecule has 0 fully saturated rings. The van der Waals surface area contributed by atoms with E-state index in [0.717, 1.165) is 16.5 Å². The molecule has 3 N–H and O–H groups in total. The van der Waals surface area contributed by atoms with E-state index < -0.39 is 17.9 Å². The summed E-state index contributed by atoms with van der Waals surface area (Å²) in [5.74, 6) is -0.279. The third-order valence-corrected chi connectivity index (χ3v) is 6.05. The van der Waals surface area contributed by atoms with Gasteiger partial charge in [-0.3, -0.25) is 4.79 Å². The highest BCUT2D eigenvalue weighted by molar-refractivity contribution is 6.05. The largest absolute Gasteiger partial charge is 0.449 e. The van der Waals surface area contributed by atoms with E-state index in [4.69, 9.17) is 9.97 Å². The fourth-order valence-corrected chi connectivity index (χ4v) is 4.15. The Hall–Kier alpha value is -5.25. The number of aromatic amines is 1. The Labute approximate surface area is 219 Å². The summed E-state index contributed by atoms with van der Waals surface area (Å²) in [6.45, 7) is 0. The molecule has 0 atom stereocenters. The number of carbonyl (C=O) groups excluding carboxylic acids is 1. The third-order valence-electron chi connectivity index (χ3n) is 6.05. The molecule has 0 aliphatic rings. The smallest absolute Gasteiger partial charge is 0.340 e. The molecular weight excluding hydrogens is 505 g/mol. The Morgan fingerprint density at radius 2 is 1.46 bits per heavy atom. The van der Waals surface area contributed by atoms with Crippen LogP contribution in [0, 0.1) is 0 Å². The molecule has 192 valence electrons. The van der Waals surface area contributed by atoms with Crippen LogP contribution in [-0.4, -0.2) is 25.8 Å². The van der Waals surface area contributed by atoms with Gasteiger partial charge in [0.2, 0.25) is 5.82 Å². The fraction of sp³-hybridized carbons (Fsp3) is 0.0345. The lowest BCUT2D eigenvalue weighted by molar-refractivity contribution is -0.144. The van der Waals surface area contributed by atoms with Gasteiger partial charge in [0.25, 0.3) is 5.91 Å². The Morgan fingerprint density at radius 3 is 2.23 bits per heavy atom. The number of imidazole rings is 1. The number of para-hydroxylation sites is 1. The second kappa shape index (κ2) is 9.56. The molecule has 10 heteroatoms. The predicted molar refractivity (Wildman–Crippen MR) is 144 cm³/mol. The van der Waals surface area contributed by atoms with Crippen molar-refractivity contribution in [2.45, 2.75) is 6.18 Å². The average Bonchev–Trinajstić information content (AvgIpc) is 3.38. The zero-order chi connectivity index (χ0) is 27.0. The minimum Gasteiger partial charge on any atom is -0.340 e. The lowest BCUT2D eigenvalue weighted by Crippen LogP contribution is -2.11. The number of rotatable bonds is 5. The molecule has 0 saturated heterocycles. The number of nitrogens with zero attached hydrogens (tertiary/aromatic N) is 3. The van der Waals surface area contributed by atoms with Crippen molar-refractivity contribution in [1.82, 2.24) is 19.9 Å². The van der Waals surface area contributed by atoms with Crippen molar-refractivity contribution >= 4 is 45.0 Å². The highest BCUT2D eigenvalue weighted by Crippen LogP contribution is 2.30. The standard InChI is InChI=1S/C29H19F3N6O/c30-29(31,32)28-36-23-15-14-20(16-24(23)37-28)34-27(39)18-10-12-19(13-11-18)33-26-21-8-4-5-9-22(21)35-25(38-26)17-6-2-1-3-7-17/h1-16H,(H,34,39)(H,36,37)(H,33,35,38). The maximum atomic E-state index is 12.9. The van der Waals surface area contributed by atoms with Gasteiger partial charge in [-0.2, -0.15) is 13.2 Å². The van der Waals surface area contributed by atoms with Crippen molar-refractivity contribution in [2.75, 3.05) is 10.6 Å². The Kier molecular flexibility index (Phi) is 5.91. The molecule has 0 aliphatic heterocycles. The van der Waals surface area contributed by atoms with Gasteiger partial charge >= 0.3 is 6.18 Å². The SMILES string of the molecule is O=C(Nc1ccc2nc(C(F)(F)F)[nH]c2c1)c1ccc(Nc2nc(-c3ccccc3)nc3ccccc23)cc1. The number of hydrogen-bond donors (Lipinski definition) is 3. The molecule has 0 spiro atoms. The number of aromatic nitrogens is 4. The first kappa shape index (κ1) is 24.1. The lowest BCUT2D eigenvalue weighted by atomic mass is 10.1. The number of carbonyl (C=O) groups is 1. The highest BCUT2D eigenvalue weighted by Gasteiger charge is 2.34. The van der Waals surface area contributed by atoms with Gasteiger partial charge in [0, 0.05) is 27.9 Å². The van der Waals surface area contributed by atoms with Gasteiger partial charge in [-0.1, -0.05) is 42.5 Å². The van der Waals surface area contributed by atoms with E-state index in [1.54, 1.807) is 24.3 Å². The molecule has 4 aromatic carbocycles. The van der Waals surface area contributed by atoms with Gasteiger partial charge in [-0.05, 0) is 54.6 Å². The van der Waals surface area contributed by atoms with Crippen molar-refractivity contribution in [3.63, 3.8) is 0 Å². The van der Waals surface area contributed by atoms with Gasteiger partial charge in [0.05, 0.1) is 16.6 Å². The Morgan fingerprint density at radius 1 is 0.744 bits per heavy atom. The van der Waals surface area contributed by atoms with E-state index in [1.165, 1.54) is 18.2 Å². The van der Waals surface area contributed by atoms with Crippen molar-refractivity contribution in [3.8, 4) is 11.4 Å². The van der Waals surface area contributed by atoms with Crippen LogP contribution in [0.4, 0.5) is 30.4 Å². The van der Waals surface area contributed by atoms with Crippen LogP contribution >= 0.6 is 0 Å². The van der Waals surface area contributed by atoms with Crippen molar-refractivity contribution < 1.29 is 18.0 Å². The molecule has 1 amide bonds. The molecule has 2 heterocycles. The molecule has 0 aliphatic carbocycles. The third kappa shape index (κ3) is 4.99. The monoisotopic (exact) mass is 524 g/mol. The number of H-pyrrole nitrogens is 1. The Bertz CT molecular complexity index is 1820. The number of anilines is 3. The van der Waals surface area contributed by atoms with Crippen LogP contribution in [0.5, 0.6) is 0 Å². The van der Waals surface area contributed by atoms with Gasteiger partial charge in [0.15, 0.2) is 5.82 Å². The summed E-state index contributed by atoms with van der Waals surface area (Å²) in [6, 6.07) is 28.5. The maximum Gasteiger partial charge on any atom is 0.449 e. The summed E-state index contributed by atoms with van der Waals surface area (Å²) >= 11 is 0. The van der Waals surface area contributed by atoms with E-state index in [1.807, 2.05) is 54.6 Å². The molecule has 0 unspecified atom stereocenters. The first-order valence-electron chi connectivity index (χ1n) is 11.9. The molecule has 39 heavy (non-hydrogen) atoms. The van der Waals surface area contributed by atoms with Crippen LogP contribution in [0.15, 0.2) is 97.1 Å². The number of benzene rings is 4. The molecule has 7 nitrogen and oxygen atoms in total. The normalized spacial score (nSPS) is 11.6. The number of amides is 1. The van der Waals surface area contributed by atoms with Gasteiger partial charge < -0.3 is 15.6 Å². The molecule has 2 aromatic heterocycles. The summed E-state index contributed by atoms with van der Waals surface area (Å²) in [6.07, 6.45) is -4.58. The van der Waals surface area contributed by atoms with Gasteiger partial charge in [-0.15, -0.1) is 0 Å². The van der Waals surface area contributed by atoms with Crippen molar-refractivity contribution in [2.24, 2.45) is 0 Å². The van der Waals surface area contributed by atoms with E-state index in [0.29, 0.717) is 28.6 Å². The summed E-state index contributed by atoms with van der Waals surface area (Å²) in [4.78, 5) is 28.0. The second-order valence-corrected chi connectivity index (χ2v) is 8.75. The molecule has 0 radical (unpaired) electrons. The lowest BCUT2D eigenvalue weighted by Gasteiger charge is -2.12. The van der Waals surface area contributed by atoms with Crippen molar-refractivity contribution in [1.29, 1.82) is 0 Å². The van der Waals surface area contributed by atoms with Crippen LogP contribution in [-0.2, 0) is 6.18 Å². The molecule has 6 rings (SSSR count). The van der Waals surface area contributed by atoms with Crippen LogP contribution in [0.1, 0.15) is 16.2 Å². The molecule has 6 aromatic rings. The highest BCUT2D eigenvalue weighted by atomic mass is 19.4. The number of halogens is 3. The topological polar surface area (TPSA) is 95.6 Å². The van der Waals surface area contributed by atoms with Crippen LogP contribution in [0.3, 0.4) is 0 Å². The molecular formula is C29H19F3N6O. The van der Waals surface area contributed by atoms with Gasteiger partial charge in [0.1, 0.15) is 5.82 Å². The maximum absolute atomic E-state index is 12.9. The van der Waals surface area contributed by atoms with E-state index >= 15 is 0 Å². The second-order valence-electron chi connectivity index (χ2n) is 8.75. The summed E-state index contributed by atoms with van der Waals surface area (Å²) in [5.41, 5.74) is 3.44. The Balaban J connectivity index is 1.22. The minimum absolute atomic E-state index is 0.156. The van der Waals surface area contributed by atoms with Crippen LogP contribution < -0.4 is 10.6 Å². The number of hydrogen-bond acceptors (Lipinski definition) is 5. The van der Waals surface area contributed by atoms with E-state index in [9.17, 15) is 18.0 Å². The zero-order valence-electron chi connectivity index (χ0n) is 20.1. The van der Waals surface area contributed by atoms with Crippen molar-refractivity contribution in [3.05, 3.63) is 108 Å². The summed E-state index contributed by atoms with van der Waals surface area (Å²) < 4.78 is 38.8. The van der Waals surface area contributed by atoms with Gasteiger partial charge in [-0.25, -0.2) is 15.0 Å². The predicted octanol–water partition coefficient (Wildman–Crippen LogP) is 7.19. The zero-order valence-corrected chi connectivity index (χ0v) is 20.1. The summed E-state index contributed by atoms with van der Waals surface area (Å²) in [7, 11) is 0. The number of alkyl halides is 3. The number of nitrogens with one attached hydrogen (secondary N) is 3. The van der Waals surface area contributed by atoms with E-state index in [-0.39, 0.29) is 11.0 Å². The quantitative estimate of drug-likeness (QED) is 0.222. The average molecular weight is 525 g/mol. The molecule has 0 saturated carbocycles.